The third kappa shape index (κ3) is 5.80. The van der Waals surface area contributed by atoms with Gasteiger partial charge in [0, 0.05) is 55.5 Å². The summed E-state index contributed by atoms with van der Waals surface area (Å²) >= 11 is 2.32. The van der Waals surface area contributed by atoms with Crippen molar-refractivity contribution in [2.24, 2.45) is 0 Å². The van der Waals surface area contributed by atoms with E-state index in [4.69, 9.17) is 0 Å². The quantitative estimate of drug-likeness (QED) is 0.587. The first-order valence-corrected chi connectivity index (χ1v) is 5.85. The summed E-state index contributed by atoms with van der Waals surface area (Å²) in [6.45, 7) is 7.48. The summed E-state index contributed by atoms with van der Waals surface area (Å²) in [4.78, 5) is 12.9. The fraction of sp³-hybridized carbons (Fsp3) is 0.900. The van der Waals surface area contributed by atoms with Gasteiger partial charge >= 0.3 is 0 Å². The van der Waals surface area contributed by atoms with Crippen molar-refractivity contribution in [1.29, 1.82) is 0 Å². The van der Waals surface area contributed by atoms with Crippen LogP contribution in [0.4, 0.5) is 0 Å². The van der Waals surface area contributed by atoms with Crippen LogP contribution in [-0.2, 0) is 4.79 Å². The van der Waals surface area contributed by atoms with E-state index in [0.717, 1.165) is 13.0 Å². The van der Waals surface area contributed by atoms with Gasteiger partial charge in [-0.1, -0.05) is 0 Å². The summed E-state index contributed by atoms with van der Waals surface area (Å²) in [6.07, 6.45) is 1.57. The lowest BCUT2D eigenvalue weighted by Gasteiger charge is -2.29. The van der Waals surface area contributed by atoms with Crippen LogP contribution in [-0.4, -0.2) is 40.1 Å². The minimum Gasteiger partial charge on any atom is -0.349 e. The van der Waals surface area contributed by atoms with Crippen LogP contribution >= 0.6 is 22.9 Å². The number of carbonyl (C=O) groups excluding carboxylic acids is 1. The van der Waals surface area contributed by atoms with Crippen molar-refractivity contribution < 1.29 is 4.79 Å². The molecular weight excluding hydrogens is 291 g/mol. The van der Waals surface area contributed by atoms with Crippen molar-refractivity contribution in [3.05, 3.63) is 0 Å². The molecule has 0 fully saturated rings. The zero-order valence-corrected chi connectivity index (χ0v) is 12.0. The molecule has 4 heteroatoms. The van der Waals surface area contributed by atoms with Crippen molar-refractivity contribution in [1.82, 2.24) is 8.01 Å². The third-order valence-electron chi connectivity index (χ3n) is 1.97. The Morgan fingerprint density at radius 1 is 1.29 bits per heavy atom. The summed E-state index contributed by atoms with van der Waals surface area (Å²) in [7, 11) is 3.60. The van der Waals surface area contributed by atoms with Gasteiger partial charge in [0.1, 0.15) is 0 Å². The van der Waals surface area contributed by atoms with Gasteiger partial charge in [-0.05, 0) is 27.2 Å². The normalized spacial score (nSPS) is 11.9. The number of rotatable bonds is 4. The molecule has 0 saturated carbocycles. The zero-order valence-electron chi connectivity index (χ0n) is 9.80. The van der Waals surface area contributed by atoms with Crippen molar-refractivity contribution in [3.8, 4) is 0 Å². The van der Waals surface area contributed by atoms with Crippen LogP contribution in [0.2, 0.25) is 0 Å². The molecule has 0 spiro atoms. The predicted molar refractivity (Wildman–Crippen MR) is 68.4 cm³/mol. The van der Waals surface area contributed by atoms with Crippen molar-refractivity contribution in [3.63, 3.8) is 0 Å². The second kappa shape index (κ2) is 5.90. The van der Waals surface area contributed by atoms with Gasteiger partial charge in [0.2, 0.25) is 5.91 Å². The molecule has 0 N–H and O–H groups in total. The fourth-order valence-corrected chi connectivity index (χ4v) is 1.27. The van der Waals surface area contributed by atoms with E-state index < -0.39 is 0 Å². The van der Waals surface area contributed by atoms with E-state index in [9.17, 15) is 4.79 Å². The topological polar surface area (TPSA) is 23.6 Å². The molecule has 0 atom stereocenters. The molecule has 0 rings (SSSR count). The number of hydrogen-bond acceptors (Lipinski definition) is 2. The summed E-state index contributed by atoms with van der Waals surface area (Å²) in [5.74, 6) is 0.212. The lowest BCUT2D eigenvalue weighted by molar-refractivity contribution is -0.128. The Kier molecular flexibility index (Phi) is 5.97. The van der Waals surface area contributed by atoms with Gasteiger partial charge in [0.15, 0.2) is 0 Å². The Hall–Kier alpha value is 0.160. The first-order valence-electron chi connectivity index (χ1n) is 4.88. The number of carbonyl (C=O) groups is 1. The molecule has 0 aliphatic carbocycles. The maximum absolute atomic E-state index is 11.3. The first kappa shape index (κ1) is 14.2. The Morgan fingerprint density at radius 3 is 2.14 bits per heavy atom. The molecule has 0 aromatic carbocycles. The van der Waals surface area contributed by atoms with Gasteiger partial charge < -0.3 is 4.90 Å². The van der Waals surface area contributed by atoms with Crippen molar-refractivity contribution in [2.45, 2.75) is 39.2 Å². The highest BCUT2D eigenvalue weighted by Gasteiger charge is 2.18. The number of nitrogens with zero attached hydrogens (tertiary/aromatic N) is 2. The summed E-state index contributed by atoms with van der Waals surface area (Å²) in [5, 5.41) is 0. The first-order chi connectivity index (χ1) is 6.25. The summed E-state index contributed by atoms with van der Waals surface area (Å²) < 4.78 is 2.24. The Bertz CT molecular complexity index is 187. The van der Waals surface area contributed by atoms with E-state index >= 15 is 0 Å². The molecule has 0 saturated heterocycles. The molecule has 1 amide bonds. The van der Waals surface area contributed by atoms with Gasteiger partial charge in [-0.25, -0.2) is 3.11 Å². The molecule has 0 aliphatic rings. The second-order valence-corrected chi connectivity index (χ2v) is 5.81. The van der Waals surface area contributed by atoms with E-state index in [1.165, 1.54) is 0 Å². The highest BCUT2D eigenvalue weighted by molar-refractivity contribution is 14.1. The number of amides is 1. The standard InChI is InChI=1S/C10H21IN2O/c1-10(2,3)13(11)8-6-7-9(14)12(4)5/h6-8H2,1-5H3. The van der Waals surface area contributed by atoms with Crippen LogP contribution in [0.25, 0.3) is 0 Å². The molecule has 84 valence electrons. The average molecular weight is 312 g/mol. The van der Waals surface area contributed by atoms with Crippen LogP contribution in [0.5, 0.6) is 0 Å². The monoisotopic (exact) mass is 312 g/mol. The molecule has 0 bridgehead atoms. The van der Waals surface area contributed by atoms with Crippen LogP contribution in [0, 0.1) is 0 Å². The van der Waals surface area contributed by atoms with E-state index in [0.29, 0.717) is 6.42 Å². The van der Waals surface area contributed by atoms with Crippen LogP contribution in [0.15, 0.2) is 0 Å². The highest BCUT2D eigenvalue weighted by atomic mass is 127. The van der Waals surface area contributed by atoms with Gasteiger partial charge in [-0.3, -0.25) is 4.79 Å². The van der Waals surface area contributed by atoms with E-state index in [1.807, 2.05) is 0 Å². The molecule has 3 nitrogen and oxygen atoms in total. The second-order valence-electron chi connectivity index (χ2n) is 4.65. The highest BCUT2D eigenvalue weighted by Crippen LogP contribution is 2.18. The molecule has 0 aromatic rings. The average Bonchev–Trinajstić information content (AvgIpc) is 2.01. The van der Waals surface area contributed by atoms with Crippen LogP contribution in [0.3, 0.4) is 0 Å². The maximum Gasteiger partial charge on any atom is 0.222 e. The third-order valence-corrected chi connectivity index (χ3v) is 3.90. The molecule has 0 aromatic heterocycles. The molecule has 14 heavy (non-hydrogen) atoms. The van der Waals surface area contributed by atoms with Gasteiger partial charge in [-0.15, -0.1) is 0 Å². The van der Waals surface area contributed by atoms with Crippen LogP contribution in [0.1, 0.15) is 33.6 Å². The Labute approximate surface area is 101 Å². The molecular formula is C10H21IN2O. The largest absolute Gasteiger partial charge is 0.349 e. The molecule has 0 radical (unpaired) electrons. The lowest BCUT2D eigenvalue weighted by atomic mass is 10.1. The molecule has 0 heterocycles. The minimum atomic E-state index is 0.182. The minimum absolute atomic E-state index is 0.182. The Balaban J connectivity index is 3.70. The van der Waals surface area contributed by atoms with E-state index in [1.54, 1.807) is 19.0 Å². The van der Waals surface area contributed by atoms with Crippen LogP contribution < -0.4 is 0 Å². The molecule has 0 unspecified atom stereocenters. The SMILES string of the molecule is CN(C)C(=O)CCCN(I)C(C)(C)C. The van der Waals surface area contributed by atoms with Gasteiger partial charge in [0.25, 0.3) is 0 Å². The van der Waals surface area contributed by atoms with Crippen molar-refractivity contribution in [2.75, 3.05) is 20.6 Å². The fourth-order valence-electron chi connectivity index (χ4n) is 0.928. The maximum atomic E-state index is 11.3. The number of hydrogen-bond donors (Lipinski definition) is 0. The smallest absolute Gasteiger partial charge is 0.222 e. The van der Waals surface area contributed by atoms with E-state index in [2.05, 4.69) is 46.7 Å². The summed E-state index contributed by atoms with van der Waals surface area (Å²) in [6, 6.07) is 0. The van der Waals surface area contributed by atoms with E-state index in [-0.39, 0.29) is 11.4 Å². The van der Waals surface area contributed by atoms with Gasteiger partial charge in [-0.2, -0.15) is 0 Å². The predicted octanol–water partition coefficient (Wildman–Crippen LogP) is 2.31. The lowest BCUT2D eigenvalue weighted by Crippen LogP contribution is -2.34. The molecule has 0 aliphatic heterocycles. The van der Waals surface area contributed by atoms with Crippen molar-refractivity contribution >= 4 is 28.8 Å². The Morgan fingerprint density at radius 2 is 1.79 bits per heavy atom. The zero-order chi connectivity index (χ0) is 11.4. The summed E-state index contributed by atoms with van der Waals surface area (Å²) in [5.41, 5.74) is 0.182. The number of halogens is 1. The van der Waals surface area contributed by atoms with Gasteiger partial charge in [0.05, 0.1) is 0 Å².